The van der Waals surface area contributed by atoms with E-state index in [1.165, 1.54) is 28.4 Å². The first-order valence-electron chi connectivity index (χ1n) is 14.5. The number of thiazole rings is 2. The van der Waals surface area contributed by atoms with E-state index in [0.29, 0.717) is 36.9 Å². The number of piperazine rings is 1. The van der Waals surface area contributed by atoms with Crippen LogP contribution in [0, 0.1) is 5.92 Å². The quantitative estimate of drug-likeness (QED) is 0.250. The molecule has 43 heavy (non-hydrogen) atoms. The third-order valence-corrected chi connectivity index (χ3v) is 9.67. The standard InChI is InChI=1S/C31H32N8O2S2/c1-20(21-6-13-41-14-7-21)25-16-22-17-34-31(36-23-2-4-24(5-3-23)38-11-8-32-9-12-38)37-28(22)39(30(25)40)18-26-27(35-19-43-26)29-33-10-15-42-29/h2-5,10,15-17,19,21,32H,1,6-9,11-14,18H2,(H,34,36,37). The van der Waals surface area contributed by atoms with Crippen LogP contribution in [-0.4, -0.2) is 63.9 Å². The van der Waals surface area contributed by atoms with Crippen LogP contribution in [0.4, 0.5) is 17.3 Å². The van der Waals surface area contributed by atoms with Gasteiger partial charge in [-0.15, -0.1) is 22.7 Å². The van der Waals surface area contributed by atoms with Crippen molar-refractivity contribution in [1.82, 2.24) is 29.8 Å². The highest BCUT2D eigenvalue weighted by Gasteiger charge is 2.23. The molecule has 1 aromatic carbocycles. The summed E-state index contributed by atoms with van der Waals surface area (Å²) in [7, 11) is 0. The molecule has 0 spiro atoms. The number of allylic oxidation sites excluding steroid dienone is 1. The Morgan fingerprint density at radius 2 is 1.91 bits per heavy atom. The number of benzene rings is 1. The summed E-state index contributed by atoms with van der Waals surface area (Å²) >= 11 is 3.04. The molecule has 4 aromatic heterocycles. The van der Waals surface area contributed by atoms with Gasteiger partial charge in [0.2, 0.25) is 5.95 Å². The number of nitrogens with one attached hydrogen (secondary N) is 2. The van der Waals surface area contributed by atoms with E-state index in [1.807, 2.05) is 23.6 Å². The minimum absolute atomic E-state index is 0.118. The summed E-state index contributed by atoms with van der Waals surface area (Å²) in [4.78, 5) is 36.1. The third kappa shape index (κ3) is 5.83. The lowest BCUT2D eigenvalue weighted by Gasteiger charge is -2.29. The van der Waals surface area contributed by atoms with E-state index in [-0.39, 0.29) is 11.5 Å². The van der Waals surface area contributed by atoms with Gasteiger partial charge in [-0.1, -0.05) is 6.58 Å². The van der Waals surface area contributed by atoms with Crippen molar-refractivity contribution in [3.8, 4) is 10.7 Å². The second kappa shape index (κ2) is 12.3. The highest BCUT2D eigenvalue weighted by Crippen LogP contribution is 2.32. The van der Waals surface area contributed by atoms with Crippen LogP contribution in [0.1, 0.15) is 23.3 Å². The molecule has 6 heterocycles. The first-order valence-corrected chi connectivity index (χ1v) is 16.2. The minimum Gasteiger partial charge on any atom is -0.381 e. The average molecular weight is 613 g/mol. The number of hydrogen-bond donors (Lipinski definition) is 2. The van der Waals surface area contributed by atoms with Crippen molar-refractivity contribution in [2.45, 2.75) is 19.4 Å². The van der Waals surface area contributed by atoms with E-state index in [0.717, 1.165) is 71.2 Å². The molecule has 12 heteroatoms. The first kappa shape index (κ1) is 27.8. The van der Waals surface area contributed by atoms with E-state index in [1.54, 1.807) is 22.5 Å². The largest absolute Gasteiger partial charge is 0.381 e. The van der Waals surface area contributed by atoms with Crippen molar-refractivity contribution in [3.63, 3.8) is 0 Å². The SMILES string of the molecule is C=C(c1cc2cnc(Nc3ccc(N4CCNCC4)cc3)nc2n(Cc2scnc2-c2nccs2)c1=O)C1CCOCC1. The van der Waals surface area contributed by atoms with E-state index >= 15 is 0 Å². The molecule has 0 amide bonds. The lowest BCUT2D eigenvalue weighted by atomic mass is 9.88. The molecule has 0 unspecified atom stereocenters. The van der Waals surface area contributed by atoms with Gasteiger partial charge in [-0.3, -0.25) is 9.36 Å². The molecule has 7 rings (SSSR count). The number of nitrogens with zero attached hydrogens (tertiary/aromatic N) is 6. The summed E-state index contributed by atoms with van der Waals surface area (Å²) in [6.07, 6.45) is 5.26. The molecule has 2 saturated heterocycles. The van der Waals surface area contributed by atoms with Gasteiger partial charge < -0.3 is 20.3 Å². The Hall–Kier alpha value is -3.97. The number of anilines is 3. The highest BCUT2D eigenvalue weighted by atomic mass is 32.1. The molecule has 2 fully saturated rings. The molecule has 0 atom stereocenters. The summed E-state index contributed by atoms with van der Waals surface area (Å²) in [5, 5.41) is 10.3. The Morgan fingerprint density at radius 3 is 2.67 bits per heavy atom. The number of aromatic nitrogens is 5. The number of pyridine rings is 1. The van der Waals surface area contributed by atoms with Crippen molar-refractivity contribution in [2.75, 3.05) is 49.6 Å². The molecule has 2 aliphatic heterocycles. The monoisotopic (exact) mass is 612 g/mol. The van der Waals surface area contributed by atoms with E-state index in [4.69, 9.17) is 9.72 Å². The molecule has 2 aliphatic rings. The van der Waals surface area contributed by atoms with Crippen LogP contribution in [0.15, 0.2) is 65.0 Å². The minimum atomic E-state index is -0.118. The lowest BCUT2D eigenvalue weighted by Crippen LogP contribution is -2.43. The van der Waals surface area contributed by atoms with Crippen LogP contribution in [0.2, 0.25) is 0 Å². The van der Waals surface area contributed by atoms with Crippen LogP contribution in [-0.2, 0) is 11.3 Å². The molecule has 10 nitrogen and oxygen atoms in total. The highest BCUT2D eigenvalue weighted by molar-refractivity contribution is 7.14. The zero-order valence-corrected chi connectivity index (χ0v) is 25.3. The van der Waals surface area contributed by atoms with Gasteiger partial charge in [-0.2, -0.15) is 4.98 Å². The maximum absolute atomic E-state index is 14.2. The van der Waals surface area contributed by atoms with Gasteiger partial charge in [0.25, 0.3) is 5.56 Å². The third-order valence-electron chi connectivity index (χ3n) is 8.07. The van der Waals surface area contributed by atoms with Crippen molar-refractivity contribution in [3.05, 3.63) is 81.0 Å². The summed E-state index contributed by atoms with van der Waals surface area (Å²) in [6, 6.07) is 10.2. The van der Waals surface area contributed by atoms with Crippen LogP contribution < -0.4 is 21.1 Å². The Labute approximate surface area is 257 Å². The zero-order valence-electron chi connectivity index (χ0n) is 23.7. The van der Waals surface area contributed by atoms with Gasteiger partial charge in [0, 0.05) is 79.5 Å². The van der Waals surface area contributed by atoms with Crippen LogP contribution in [0.5, 0.6) is 0 Å². The second-order valence-corrected chi connectivity index (χ2v) is 12.5. The van der Waals surface area contributed by atoms with Crippen molar-refractivity contribution < 1.29 is 4.74 Å². The van der Waals surface area contributed by atoms with Crippen LogP contribution in [0.25, 0.3) is 27.3 Å². The van der Waals surface area contributed by atoms with Gasteiger partial charge in [0.1, 0.15) is 16.3 Å². The molecule has 2 N–H and O–H groups in total. The molecular weight excluding hydrogens is 581 g/mol. The first-order chi connectivity index (χ1) is 21.1. The maximum atomic E-state index is 14.2. The van der Waals surface area contributed by atoms with Gasteiger partial charge in [0.15, 0.2) is 0 Å². The van der Waals surface area contributed by atoms with E-state index in [9.17, 15) is 4.79 Å². The number of fused-ring (bicyclic) bond motifs is 1. The van der Waals surface area contributed by atoms with E-state index < -0.39 is 0 Å². The van der Waals surface area contributed by atoms with Gasteiger partial charge in [-0.25, -0.2) is 15.0 Å². The maximum Gasteiger partial charge on any atom is 0.260 e. The van der Waals surface area contributed by atoms with E-state index in [2.05, 4.69) is 49.2 Å². The summed E-state index contributed by atoms with van der Waals surface area (Å²) in [5.41, 5.74) is 6.56. The lowest BCUT2D eigenvalue weighted by molar-refractivity contribution is 0.0808. The predicted molar refractivity (Wildman–Crippen MR) is 174 cm³/mol. The Kier molecular flexibility index (Phi) is 7.98. The van der Waals surface area contributed by atoms with Gasteiger partial charge in [0.05, 0.1) is 16.9 Å². The molecule has 5 aromatic rings. The van der Waals surface area contributed by atoms with Crippen molar-refractivity contribution in [1.29, 1.82) is 0 Å². The molecule has 220 valence electrons. The summed E-state index contributed by atoms with van der Waals surface area (Å²) in [6.45, 7) is 10.0. The van der Waals surface area contributed by atoms with Crippen molar-refractivity contribution >= 4 is 56.6 Å². The topological polar surface area (TPSA) is 110 Å². The summed E-state index contributed by atoms with van der Waals surface area (Å²) in [5.74, 6) is 0.628. The zero-order chi connectivity index (χ0) is 29.2. The number of hydrogen-bond acceptors (Lipinski definition) is 11. The van der Waals surface area contributed by atoms with Crippen molar-refractivity contribution in [2.24, 2.45) is 5.92 Å². The van der Waals surface area contributed by atoms with Gasteiger partial charge in [-0.05, 0) is 54.7 Å². The fraction of sp³-hybridized carbons (Fsp3) is 0.323. The predicted octanol–water partition coefficient (Wildman–Crippen LogP) is 5.01. The number of rotatable bonds is 8. The molecule has 0 radical (unpaired) electrons. The average Bonchev–Trinajstić information content (AvgIpc) is 3.76. The fourth-order valence-electron chi connectivity index (χ4n) is 5.71. The van der Waals surface area contributed by atoms with Gasteiger partial charge >= 0.3 is 0 Å². The smallest absolute Gasteiger partial charge is 0.260 e. The Morgan fingerprint density at radius 1 is 1.09 bits per heavy atom. The Bertz CT molecular complexity index is 1790. The fourth-order valence-corrected chi connectivity index (χ4v) is 7.19. The molecule has 0 aliphatic carbocycles. The molecular formula is C31H32N8O2S2. The van der Waals surface area contributed by atoms with Crippen LogP contribution in [0.3, 0.4) is 0 Å². The number of ether oxygens (including phenoxy) is 1. The Balaban J connectivity index is 1.25. The summed E-state index contributed by atoms with van der Waals surface area (Å²) < 4.78 is 7.30. The normalized spacial score (nSPS) is 16.0. The second-order valence-electron chi connectivity index (χ2n) is 10.7. The molecule has 0 bridgehead atoms. The molecule has 0 saturated carbocycles. The van der Waals surface area contributed by atoms with Crippen LogP contribution >= 0.6 is 22.7 Å².